The standard InChI is InChI=1S/C12H17N.ClH/c1-12(2)8-10(13)11(12)9-6-4-3-5-7-9;/h3-7,10-11H,8,13H2,1-2H3;1H. The van der Waals surface area contributed by atoms with Gasteiger partial charge in [-0.2, -0.15) is 0 Å². The molecule has 1 aromatic rings. The Morgan fingerprint density at radius 3 is 2.21 bits per heavy atom. The Morgan fingerprint density at radius 2 is 1.79 bits per heavy atom. The van der Waals surface area contributed by atoms with E-state index in [9.17, 15) is 0 Å². The summed E-state index contributed by atoms with van der Waals surface area (Å²) in [6.45, 7) is 4.68. The number of hydrogen-bond donors (Lipinski definition) is 1. The van der Waals surface area contributed by atoms with E-state index >= 15 is 0 Å². The van der Waals surface area contributed by atoms with Crippen molar-refractivity contribution in [2.24, 2.45) is 5.41 Å². The van der Waals surface area contributed by atoms with E-state index in [1.165, 1.54) is 12.0 Å². The van der Waals surface area contributed by atoms with Gasteiger partial charge in [-0.05, 0) is 11.0 Å². The molecule has 0 amide bonds. The van der Waals surface area contributed by atoms with E-state index in [0.29, 0.717) is 17.4 Å². The summed E-state index contributed by atoms with van der Waals surface area (Å²) in [6.07, 6.45) is 1.26. The molecule has 0 radical (unpaired) electrons. The largest absolute Gasteiger partial charge is 1.00 e. The van der Waals surface area contributed by atoms with Crippen LogP contribution in [0.5, 0.6) is 0 Å². The first kappa shape index (κ1) is 11.5. The van der Waals surface area contributed by atoms with E-state index in [2.05, 4.69) is 49.9 Å². The Kier molecular flexibility index (Phi) is 3.23. The number of hydrogen-bond acceptors (Lipinski definition) is 0. The fourth-order valence-electron chi connectivity index (χ4n) is 2.78. The highest BCUT2D eigenvalue weighted by Gasteiger charge is 2.48. The van der Waals surface area contributed by atoms with Gasteiger partial charge in [0, 0.05) is 12.3 Å². The maximum atomic E-state index is 4.20. The van der Waals surface area contributed by atoms with Crippen molar-refractivity contribution in [3.8, 4) is 0 Å². The molecule has 0 saturated heterocycles. The second kappa shape index (κ2) is 3.92. The molecule has 2 rings (SSSR count). The highest BCUT2D eigenvalue weighted by Crippen LogP contribution is 2.50. The smallest absolute Gasteiger partial charge is 0.0923 e. The van der Waals surface area contributed by atoms with Crippen molar-refractivity contribution in [2.75, 3.05) is 0 Å². The zero-order chi connectivity index (χ0) is 9.47. The molecule has 2 heteroatoms. The lowest BCUT2D eigenvalue weighted by Gasteiger charge is -2.47. The van der Waals surface area contributed by atoms with Crippen LogP contribution >= 0.6 is 0 Å². The van der Waals surface area contributed by atoms with E-state index in [4.69, 9.17) is 0 Å². The zero-order valence-corrected chi connectivity index (χ0v) is 9.59. The van der Waals surface area contributed by atoms with Gasteiger partial charge in [-0.1, -0.05) is 44.2 Å². The highest BCUT2D eigenvalue weighted by molar-refractivity contribution is 5.26. The minimum Gasteiger partial charge on any atom is -1.00 e. The van der Waals surface area contributed by atoms with Crippen LogP contribution in [-0.2, 0) is 0 Å². The zero-order valence-electron chi connectivity index (χ0n) is 8.83. The fraction of sp³-hybridized carbons (Fsp3) is 0.500. The first-order valence-electron chi connectivity index (χ1n) is 4.99. The van der Waals surface area contributed by atoms with E-state index in [1.54, 1.807) is 0 Å². The van der Waals surface area contributed by atoms with Crippen molar-refractivity contribution in [1.29, 1.82) is 0 Å². The molecule has 3 N–H and O–H groups in total. The van der Waals surface area contributed by atoms with Gasteiger partial charge in [0.1, 0.15) is 0 Å². The molecule has 0 bridgehead atoms. The first-order valence-corrected chi connectivity index (χ1v) is 4.99. The average Bonchev–Trinajstić information content (AvgIpc) is 2.04. The number of quaternary nitrogens is 1. The molecule has 1 saturated carbocycles. The second-order valence-corrected chi connectivity index (χ2v) is 4.84. The van der Waals surface area contributed by atoms with E-state index in [1.807, 2.05) is 0 Å². The Balaban J connectivity index is 0.000000980. The van der Waals surface area contributed by atoms with Gasteiger partial charge in [-0.25, -0.2) is 0 Å². The molecule has 0 spiro atoms. The third-order valence-corrected chi connectivity index (χ3v) is 3.26. The summed E-state index contributed by atoms with van der Waals surface area (Å²) in [6, 6.07) is 11.4. The summed E-state index contributed by atoms with van der Waals surface area (Å²) in [5.74, 6) is 0.661. The first-order chi connectivity index (χ1) is 6.11. The molecule has 1 aliphatic carbocycles. The second-order valence-electron chi connectivity index (χ2n) is 4.84. The van der Waals surface area contributed by atoms with Gasteiger partial charge in [0.25, 0.3) is 0 Å². The van der Waals surface area contributed by atoms with Crippen LogP contribution in [0.4, 0.5) is 0 Å². The molecule has 78 valence electrons. The molecule has 2 unspecified atom stereocenters. The lowest BCUT2D eigenvalue weighted by atomic mass is 9.57. The van der Waals surface area contributed by atoms with Crippen LogP contribution in [0.2, 0.25) is 0 Å². The highest BCUT2D eigenvalue weighted by atomic mass is 35.5. The van der Waals surface area contributed by atoms with Gasteiger partial charge < -0.3 is 18.1 Å². The van der Waals surface area contributed by atoms with E-state index in [-0.39, 0.29) is 12.4 Å². The topological polar surface area (TPSA) is 27.6 Å². The van der Waals surface area contributed by atoms with Gasteiger partial charge in [-0.15, -0.1) is 0 Å². The third kappa shape index (κ3) is 1.79. The normalized spacial score (nSPS) is 28.8. The molecule has 0 aliphatic heterocycles. The van der Waals surface area contributed by atoms with Crippen molar-refractivity contribution >= 4 is 0 Å². The summed E-state index contributed by atoms with van der Waals surface area (Å²) >= 11 is 0. The SMILES string of the molecule is CC1(C)CC([NH3+])C1c1ccccc1.[Cl-]. The Morgan fingerprint density at radius 1 is 1.21 bits per heavy atom. The lowest BCUT2D eigenvalue weighted by molar-refractivity contribution is -0.460. The van der Waals surface area contributed by atoms with E-state index in [0.717, 1.165) is 0 Å². The van der Waals surface area contributed by atoms with Crippen LogP contribution in [-0.4, -0.2) is 6.04 Å². The maximum absolute atomic E-state index is 4.20. The van der Waals surface area contributed by atoms with Gasteiger partial charge in [0.05, 0.1) is 6.04 Å². The summed E-state index contributed by atoms with van der Waals surface area (Å²) in [5.41, 5.74) is 6.11. The minimum absolute atomic E-state index is 0. The van der Waals surface area contributed by atoms with Gasteiger partial charge in [0.2, 0.25) is 0 Å². The quantitative estimate of drug-likeness (QED) is 0.606. The predicted molar refractivity (Wildman–Crippen MR) is 54.3 cm³/mol. The Labute approximate surface area is 92.1 Å². The molecular formula is C12H18ClN. The van der Waals surface area contributed by atoms with Crippen molar-refractivity contribution in [3.63, 3.8) is 0 Å². The molecule has 1 fully saturated rings. The number of halogens is 1. The maximum Gasteiger partial charge on any atom is 0.0923 e. The van der Waals surface area contributed by atoms with Crippen LogP contribution in [0.25, 0.3) is 0 Å². The molecule has 0 heterocycles. The molecular weight excluding hydrogens is 194 g/mol. The van der Waals surface area contributed by atoms with Crippen LogP contribution in [0.1, 0.15) is 31.7 Å². The lowest BCUT2D eigenvalue weighted by Crippen LogP contribution is -3.00. The Hall–Kier alpha value is -0.530. The number of benzene rings is 1. The molecule has 1 aliphatic rings. The van der Waals surface area contributed by atoms with Crippen LogP contribution in [0.15, 0.2) is 30.3 Å². The van der Waals surface area contributed by atoms with Crippen LogP contribution in [0.3, 0.4) is 0 Å². The third-order valence-electron chi connectivity index (χ3n) is 3.26. The van der Waals surface area contributed by atoms with Crippen molar-refractivity contribution in [3.05, 3.63) is 35.9 Å². The van der Waals surface area contributed by atoms with Crippen molar-refractivity contribution in [2.45, 2.75) is 32.2 Å². The molecule has 0 aromatic heterocycles. The van der Waals surface area contributed by atoms with Gasteiger partial charge in [-0.3, -0.25) is 0 Å². The predicted octanol–water partition coefficient (Wildman–Crippen LogP) is -1.19. The summed E-state index contributed by atoms with van der Waals surface area (Å²) in [5, 5.41) is 0. The summed E-state index contributed by atoms with van der Waals surface area (Å²) < 4.78 is 0. The molecule has 14 heavy (non-hydrogen) atoms. The van der Waals surface area contributed by atoms with E-state index < -0.39 is 0 Å². The summed E-state index contributed by atoms with van der Waals surface area (Å²) in [4.78, 5) is 0. The van der Waals surface area contributed by atoms with Crippen molar-refractivity contribution < 1.29 is 18.1 Å². The molecule has 1 aromatic carbocycles. The average molecular weight is 212 g/mol. The van der Waals surface area contributed by atoms with Crippen LogP contribution in [0, 0.1) is 5.41 Å². The monoisotopic (exact) mass is 211 g/mol. The van der Waals surface area contributed by atoms with Crippen LogP contribution < -0.4 is 18.1 Å². The fourth-order valence-corrected chi connectivity index (χ4v) is 2.78. The van der Waals surface area contributed by atoms with Crippen molar-refractivity contribution in [1.82, 2.24) is 0 Å². The van der Waals surface area contributed by atoms with Gasteiger partial charge >= 0.3 is 0 Å². The molecule has 2 atom stereocenters. The number of rotatable bonds is 1. The summed E-state index contributed by atoms with van der Waals surface area (Å²) in [7, 11) is 0. The molecule has 1 nitrogen and oxygen atoms in total. The Bertz CT molecular complexity index is 294. The minimum atomic E-state index is 0. The van der Waals surface area contributed by atoms with Gasteiger partial charge in [0.15, 0.2) is 0 Å².